The lowest BCUT2D eigenvalue weighted by Gasteiger charge is -2.23. The molecule has 15 heavy (non-hydrogen) atoms. The molecule has 0 spiro atoms. The van der Waals surface area contributed by atoms with Gasteiger partial charge in [0.05, 0.1) is 0 Å². The van der Waals surface area contributed by atoms with Crippen LogP contribution in [0.4, 0.5) is 0 Å². The van der Waals surface area contributed by atoms with Crippen molar-refractivity contribution in [1.29, 1.82) is 0 Å². The molecule has 1 N–H and O–H groups in total. The zero-order valence-electron chi connectivity index (χ0n) is 10.7. The van der Waals surface area contributed by atoms with Gasteiger partial charge >= 0.3 is 0 Å². The quantitative estimate of drug-likeness (QED) is 0.759. The topological polar surface area (TPSA) is 20.2 Å². The number of para-hydroxylation sites is 1. The van der Waals surface area contributed by atoms with Gasteiger partial charge in [0.2, 0.25) is 0 Å². The van der Waals surface area contributed by atoms with Gasteiger partial charge in [-0.1, -0.05) is 59.2 Å². The first-order valence-corrected chi connectivity index (χ1v) is 5.78. The van der Waals surface area contributed by atoms with Gasteiger partial charge in [-0.05, 0) is 23.5 Å². The molecule has 1 aromatic rings. The highest BCUT2D eigenvalue weighted by molar-refractivity contribution is 5.37. The first-order chi connectivity index (χ1) is 6.99. The summed E-state index contributed by atoms with van der Waals surface area (Å²) in [5, 5.41) is 9.58. The fraction of sp³-hybridized carbons (Fsp3) is 0.571. The van der Waals surface area contributed by atoms with E-state index in [1.165, 1.54) is 6.42 Å². The Morgan fingerprint density at radius 3 is 1.93 bits per heavy atom. The lowest BCUT2D eigenvalue weighted by atomic mass is 9.82. The Bertz CT molecular complexity index is 276. The van der Waals surface area contributed by atoms with Crippen LogP contribution in [0.25, 0.3) is 0 Å². The van der Waals surface area contributed by atoms with Gasteiger partial charge in [-0.25, -0.2) is 0 Å². The summed E-state index contributed by atoms with van der Waals surface area (Å²) in [5.41, 5.74) is 1.11. The number of hydrogen-bond acceptors (Lipinski definition) is 1. The molecule has 1 heteroatoms. The van der Waals surface area contributed by atoms with Crippen molar-refractivity contribution >= 4 is 0 Å². The molecule has 0 fully saturated rings. The molecule has 1 rings (SSSR count). The van der Waals surface area contributed by atoms with Crippen molar-refractivity contribution in [2.24, 2.45) is 0 Å². The molecule has 1 aromatic carbocycles. The maximum absolute atomic E-state index is 9.58. The van der Waals surface area contributed by atoms with Crippen molar-refractivity contribution in [2.75, 3.05) is 0 Å². The lowest BCUT2D eigenvalue weighted by Crippen LogP contribution is -2.15. The van der Waals surface area contributed by atoms with Crippen LogP contribution in [0.15, 0.2) is 24.3 Å². The Morgan fingerprint density at radius 1 is 1.07 bits per heavy atom. The SMILES string of the molecule is CCC.CCC(C)(C)c1ccccc1O. The average Bonchev–Trinajstić information content (AvgIpc) is 2.19. The summed E-state index contributed by atoms with van der Waals surface area (Å²) in [6.07, 6.45) is 2.28. The molecule has 0 aliphatic heterocycles. The van der Waals surface area contributed by atoms with Crippen LogP contribution in [0.2, 0.25) is 0 Å². The summed E-state index contributed by atoms with van der Waals surface area (Å²) in [6.45, 7) is 10.7. The van der Waals surface area contributed by atoms with Crippen molar-refractivity contribution in [3.63, 3.8) is 0 Å². The number of rotatable bonds is 2. The second kappa shape index (κ2) is 6.49. The van der Waals surface area contributed by atoms with Gasteiger partial charge in [0.25, 0.3) is 0 Å². The van der Waals surface area contributed by atoms with Crippen LogP contribution in [0.1, 0.15) is 53.0 Å². The Balaban J connectivity index is 0.000000583. The Morgan fingerprint density at radius 2 is 1.53 bits per heavy atom. The minimum atomic E-state index is 0.0747. The van der Waals surface area contributed by atoms with Gasteiger partial charge in [-0.2, -0.15) is 0 Å². The van der Waals surface area contributed by atoms with Crippen molar-refractivity contribution in [3.8, 4) is 5.75 Å². The number of hydrogen-bond donors (Lipinski definition) is 1. The summed E-state index contributed by atoms with van der Waals surface area (Å²) in [5.74, 6) is 0.407. The lowest BCUT2D eigenvalue weighted by molar-refractivity contribution is 0.429. The van der Waals surface area contributed by atoms with Crippen LogP contribution in [-0.4, -0.2) is 5.11 Å². The number of benzene rings is 1. The predicted molar refractivity (Wildman–Crippen MR) is 67.4 cm³/mol. The Labute approximate surface area is 94.2 Å². The highest BCUT2D eigenvalue weighted by Crippen LogP contribution is 2.32. The Hall–Kier alpha value is -0.980. The van der Waals surface area contributed by atoms with Gasteiger partial charge in [0, 0.05) is 0 Å². The van der Waals surface area contributed by atoms with E-state index >= 15 is 0 Å². The Kier molecular flexibility index (Phi) is 6.07. The number of aromatic hydroxyl groups is 1. The maximum atomic E-state index is 9.58. The molecule has 86 valence electrons. The van der Waals surface area contributed by atoms with Crippen LogP contribution >= 0.6 is 0 Å². The molecule has 0 saturated heterocycles. The van der Waals surface area contributed by atoms with Crippen LogP contribution in [0.3, 0.4) is 0 Å². The van der Waals surface area contributed by atoms with E-state index in [1.807, 2.05) is 18.2 Å². The monoisotopic (exact) mass is 208 g/mol. The third kappa shape index (κ3) is 4.37. The van der Waals surface area contributed by atoms with Gasteiger partial charge in [-0.15, -0.1) is 0 Å². The molecular formula is C14H24O. The fourth-order valence-corrected chi connectivity index (χ4v) is 1.24. The van der Waals surface area contributed by atoms with E-state index in [-0.39, 0.29) is 5.41 Å². The summed E-state index contributed by atoms with van der Waals surface area (Å²) in [6, 6.07) is 7.54. The van der Waals surface area contributed by atoms with Crippen LogP contribution in [-0.2, 0) is 5.41 Å². The summed E-state index contributed by atoms with van der Waals surface area (Å²) in [4.78, 5) is 0. The van der Waals surface area contributed by atoms with E-state index in [0.717, 1.165) is 12.0 Å². The van der Waals surface area contributed by atoms with Crippen molar-refractivity contribution in [1.82, 2.24) is 0 Å². The highest BCUT2D eigenvalue weighted by atomic mass is 16.3. The van der Waals surface area contributed by atoms with Crippen LogP contribution in [0.5, 0.6) is 5.75 Å². The summed E-state index contributed by atoms with van der Waals surface area (Å²) >= 11 is 0. The molecule has 0 unspecified atom stereocenters. The standard InChI is InChI=1S/C11H16O.C3H8/c1-4-11(2,3)9-7-5-6-8-10(9)12;1-3-2/h5-8,12H,4H2,1-3H3;3H2,1-2H3. The van der Waals surface area contributed by atoms with E-state index in [2.05, 4.69) is 34.6 Å². The molecule has 0 aliphatic carbocycles. The first kappa shape index (κ1) is 14.0. The van der Waals surface area contributed by atoms with Gasteiger partial charge < -0.3 is 5.11 Å². The molecule has 0 bridgehead atoms. The minimum Gasteiger partial charge on any atom is -0.508 e. The van der Waals surface area contributed by atoms with Gasteiger partial charge in [0.1, 0.15) is 5.75 Å². The fourth-order valence-electron chi connectivity index (χ4n) is 1.24. The number of phenols is 1. The molecule has 0 amide bonds. The highest BCUT2D eigenvalue weighted by Gasteiger charge is 2.20. The van der Waals surface area contributed by atoms with E-state index in [9.17, 15) is 5.11 Å². The van der Waals surface area contributed by atoms with E-state index < -0.39 is 0 Å². The molecule has 1 nitrogen and oxygen atoms in total. The molecular weight excluding hydrogens is 184 g/mol. The molecule has 0 saturated carbocycles. The first-order valence-electron chi connectivity index (χ1n) is 5.78. The van der Waals surface area contributed by atoms with E-state index in [1.54, 1.807) is 6.07 Å². The minimum absolute atomic E-state index is 0.0747. The second-order valence-electron chi connectivity index (χ2n) is 4.46. The van der Waals surface area contributed by atoms with Crippen molar-refractivity contribution in [2.45, 2.75) is 52.9 Å². The normalized spacial score (nSPS) is 10.5. The van der Waals surface area contributed by atoms with Gasteiger partial charge in [-0.3, -0.25) is 0 Å². The molecule has 0 aromatic heterocycles. The van der Waals surface area contributed by atoms with E-state index in [4.69, 9.17) is 0 Å². The second-order valence-corrected chi connectivity index (χ2v) is 4.46. The predicted octanol–water partition coefficient (Wildman–Crippen LogP) is 4.50. The smallest absolute Gasteiger partial charge is 0.119 e. The zero-order valence-corrected chi connectivity index (χ0v) is 10.7. The van der Waals surface area contributed by atoms with Crippen molar-refractivity contribution in [3.05, 3.63) is 29.8 Å². The van der Waals surface area contributed by atoms with Crippen LogP contribution in [0, 0.1) is 0 Å². The van der Waals surface area contributed by atoms with Crippen molar-refractivity contribution < 1.29 is 5.11 Å². The average molecular weight is 208 g/mol. The largest absolute Gasteiger partial charge is 0.508 e. The molecule has 0 heterocycles. The van der Waals surface area contributed by atoms with E-state index in [0.29, 0.717) is 5.75 Å². The van der Waals surface area contributed by atoms with Gasteiger partial charge in [0.15, 0.2) is 0 Å². The summed E-state index contributed by atoms with van der Waals surface area (Å²) in [7, 11) is 0. The molecule has 0 atom stereocenters. The summed E-state index contributed by atoms with van der Waals surface area (Å²) < 4.78 is 0. The third-order valence-electron chi connectivity index (χ3n) is 2.52. The van der Waals surface area contributed by atoms with Crippen LogP contribution < -0.4 is 0 Å². The number of phenolic OH excluding ortho intramolecular Hbond substituents is 1. The molecule has 0 aliphatic rings. The molecule has 0 radical (unpaired) electrons. The maximum Gasteiger partial charge on any atom is 0.119 e. The third-order valence-corrected chi connectivity index (χ3v) is 2.52. The zero-order chi connectivity index (χ0) is 11.9.